The third-order valence-electron chi connectivity index (χ3n) is 6.06. The minimum Gasteiger partial charge on any atom is -0.368 e. The van der Waals surface area contributed by atoms with E-state index in [9.17, 15) is 14.4 Å². The van der Waals surface area contributed by atoms with E-state index in [0.29, 0.717) is 42.3 Å². The minimum atomic E-state index is -0.265. The van der Waals surface area contributed by atoms with Gasteiger partial charge in [-0.3, -0.25) is 4.79 Å². The number of nitriles is 1. The third-order valence-corrected chi connectivity index (χ3v) is 6.06. The molecule has 2 heterocycles. The average Bonchev–Trinajstić information content (AvgIpc) is 2.88. The van der Waals surface area contributed by atoms with E-state index in [1.54, 1.807) is 17.0 Å². The quantitative estimate of drug-likeness (QED) is 0.462. The molecule has 6 nitrogen and oxygen atoms in total. The highest BCUT2D eigenvalue weighted by atomic mass is 19.1. The summed E-state index contributed by atoms with van der Waals surface area (Å²) in [5.41, 5.74) is 3.47. The number of carbonyl (C=O) groups excluding carboxylic acids is 1. The van der Waals surface area contributed by atoms with Gasteiger partial charge in [0.2, 0.25) is 6.41 Å². The second kappa shape index (κ2) is 11.4. The van der Waals surface area contributed by atoms with E-state index < -0.39 is 0 Å². The lowest BCUT2D eigenvalue weighted by Gasteiger charge is -2.29. The van der Waals surface area contributed by atoms with Crippen LogP contribution in [0, 0.1) is 17.1 Å². The van der Waals surface area contributed by atoms with Crippen LogP contribution in [-0.2, 0) is 11.2 Å². The van der Waals surface area contributed by atoms with Crippen LogP contribution in [0.1, 0.15) is 30.4 Å². The van der Waals surface area contributed by atoms with Gasteiger partial charge in [-0.25, -0.2) is 9.37 Å². The maximum atomic E-state index is 13.6. The van der Waals surface area contributed by atoms with Crippen molar-refractivity contribution >= 4 is 17.9 Å². The number of halogens is 1. The topological polar surface area (TPSA) is 81.0 Å². The van der Waals surface area contributed by atoms with Gasteiger partial charge >= 0.3 is 0 Å². The van der Waals surface area contributed by atoms with Crippen LogP contribution in [0.2, 0.25) is 0 Å². The Morgan fingerprint density at radius 2 is 2.06 bits per heavy atom. The number of anilines is 2. The summed E-state index contributed by atoms with van der Waals surface area (Å²) in [6, 6.07) is 20.0. The van der Waals surface area contributed by atoms with Crippen LogP contribution in [-0.4, -0.2) is 37.1 Å². The summed E-state index contributed by atoms with van der Waals surface area (Å²) < 4.78 is 13.6. The summed E-state index contributed by atoms with van der Waals surface area (Å²) >= 11 is 0. The number of piperidine rings is 1. The van der Waals surface area contributed by atoms with Crippen LogP contribution in [0.25, 0.3) is 11.3 Å². The molecule has 34 heavy (non-hydrogen) atoms. The van der Waals surface area contributed by atoms with E-state index in [1.807, 2.05) is 36.4 Å². The van der Waals surface area contributed by atoms with Crippen molar-refractivity contribution in [3.05, 3.63) is 77.6 Å². The standard InChI is InChI=1S/C27H28FN5O/c28-22-8-5-6-20(16-22)13-15-31-27-26(33(19-34)18-23-9-3-4-14-30-23)12-11-25(32-27)24-10-2-1-7-21(24)17-29/h1-2,5-8,10-12,16,19,23,30H,3-4,9,13-15,18H2,(H,31,32). The smallest absolute Gasteiger partial charge is 0.214 e. The molecule has 1 unspecified atom stereocenters. The summed E-state index contributed by atoms with van der Waals surface area (Å²) in [5, 5.41) is 16.3. The summed E-state index contributed by atoms with van der Waals surface area (Å²) in [4.78, 5) is 18.6. The molecule has 2 N–H and O–H groups in total. The van der Waals surface area contributed by atoms with E-state index in [-0.39, 0.29) is 11.9 Å². The largest absolute Gasteiger partial charge is 0.368 e. The van der Waals surface area contributed by atoms with Crippen molar-refractivity contribution in [1.29, 1.82) is 5.26 Å². The highest BCUT2D eigenvalue weighted by Crippen LogP contribution is 2.30. The molecule has 1 fully saturated rings. The van der Waals surface area contributed by atoms with Crippen molar-refractivity contribution in [2.24, 2.45) is 0 Å². The SMILES string of the molecule is N#Cc1ccccc1-c1ccc(N(C=O)CC2CCCCN2)c(NCCc2cccc(F)c2)n1. The molecular formula is C27H28FN5O. The first-order chi connectivity index (χ1) is 16.7. The normalized spacial score (nSPS) is 15.4. The molecule has 0 spiro atoms. The van der Waals surface area contributed by atoms with Gasteiger partial charge in [-0.15, -0.1) is 0 Å². The zero-order valence-electron chi connectivity index (χ0n) is 19.0. The molecule has 1 aromatic heterocycles. The van der Waals surface area contributed by atoms with Gasteiger partial charge in [-0.2, -0.15) is 5.26 Å². The number of amides is 1. The molecule has 3 aromatic rings. The molecule has 1 saturated heterocycles. The molecule has 7 heteroatoms. The van der Waals surface area contributed by atoms with Crippen molar-refractivity contribution in [3.63, 3.8) is 0 Å². The fourth-order valence-electron chi connectivity index (χ4n) is 4.30. The van der Waals surface area contributed by atoms with Crippen LogP contribution in [0.5, 0.6) is 0 Å². The van der Waals surface area contributed by atoms with Gasteiger partial charge in [0.25, 0.3) is 0 Å². The molecule has 1 atom stereocenters. The number of nitrogens with zero attached hydrogens (tertiary/aromatic N) is 3. The van der Waals surface area contributed by atoms with Crippen molar-refractivity contribution in [2.45, 2.75) is 31.7 Å². The van der Waals surface area contributed by atoms with E-state index in [4.69, 9.17) is 4.98 Å². The Morgan fingerprint density at radius 1 is 1.18 bits per heavy atom. The zero-order valence-corrected chi connectivity index (χ0v) is 19.0. The fourth-order valence-corrected chi connectivity index (χ4v) is 4.30. The number of hydrogen-bond donors (Lipinski definition) is 2. The Balaban J connectivity index is 1.62. The van der Waals surface area contributed by atoms with E-state index in [0.717, 1.165) is 43.3 Å². The maximum Gasteiger partial charge on any atom is 0.214 e. The molecule has 4 rings (SSSR count). The van der Waals surface area contributed by atoms with Gasteiger partial charge in [0, 0.05) is 24.7 Å². The lowest BCUT2D eigenvalue weighted by Crippen LogP contribution is -2.43. The maximum absolute atomic E-state index is 13.6. The van der Waals surface area contributed by atoms with Gasteiger partial charge in [-0.1, -0.05) is 36.8 Å². The van der Waals surface area contributed by atoms with E-state index in [2.05, 4.69) is 16.7 Å². The molecule has 0 saturated carbocycles. The van der Waals surface area contributed by atoms with Crippen molar-refractivity contribution in [1.82, 2.24) is 10.3 Å². The van der Waals surface area contributed by atoms with Gasteiger partial charge < -0.3 is 15.5 Å². The molecule has 1 amide bonds. The molecule has 174 valence electrons. The molecule has 0 radical (unpaired) electrons. The van der Waals surface area contributed by atoms with Crippen molar-refractivity contribution < 1.29 is 9.18 Å². The molecular weight excluding hydrogens is 429 g/mol. The molecule has 1 aliphatic rings. The number of hydrogen-bond acceptors (Lipinski definition) is 5. The van der Waals surface area contributed by atoms with Gasteiger partial charge in [-0.05, 0) is 61.7 Å². The second-order valence-corrected chi connectivity index (χ2v) is 8.43. The van der Waals surface area contributed by atoms with Gasteiger partial charge in [0.1, 0.15) is 5.82 Å². The van der Waals surface area contributed by atoms with Crippen LogP contribution in [0.3, 0.4) is 0 Å². The molecule has 0 aliphatic carbocycles. The number of pyridine rings is 1. The summed E-state index contributed by atoms with van der Waals surface area (Å²) in [7, 11) is 0. The lowest BCUT2D eigenvalue weighted by atomic mass is 10.0. The van der Waals surface area contributed by atoms with Crippen molar-refractivity contribution in [2.75, 3.05) is 29.9 Å². The first kappa shape index (κ1) is 23.4. The van der Waals surface area contributed by atoms with E-state index >= 15 is 0 Å². The highest BCUT2D eigenvalue weighted by molar-refractivity contribution is 5.84. The Kier molecular flexibility index (Phi) is 7.84. The van der Waals surface area contributed by atoms with Crippen LogP contribution >= 0.6 is 0 Å². The summed E-state index contributed by atoms with van der Waals surface area (Å²) in [6.45, 7) is 2.03. The number of benzene rings is 2. The van der Waals surface area contributed by atoms with Crippen LogP contribution in [0.4, 0.5) is 15.9 Å². The molecule has 1 aliphatic heterocycles. The first-order valence-electron chi connectivity index (χ1n) is 11.6. The summed E-state index contributed by atoms with van der Waals surface area (Å²) in [5.74, 6) is 0.295. The van der Waals surface area contributed by atoms with Crippen LogP contribution in [0.15, 0.2) is 60.7 Å². The highest BCUT2D eigenvalue weighted by Gasteiger charge is 2.20. The van der Waals surface area contributed by atoms with Gasteiger partial charge in [0.05, 0.1) is 23.0 Å². The predicted molar refractivity (Wildman–Crippen MR) is 132 cm³/mol. The Morgan fingerprint density at radius 3 is 2.82 bits per heavy atom. The first-order valence-corrected chi connectivity index (χ1v) is 11.6. The third kappa shape index (κ3) is 5.77. The zero-order chi connectivity index (χ0) is 23.8. The summed E-state index contributed by atoms with van der Waals surface area (Å²) in [6.07, 6.45) is 4.76. The number of rotatable bonds is 9. The predicted octanol–water partition coefficient (Wildman–Crippen LogP) is 4.52. The molecule has 0 bridgehead atoms. The lowest BCUT2D eigenvalue weighted by molar-refractivity contribution is -0.107. The van der Waals surface area contributed by atoms with Gasteiger partial charge in [0.15, 0.2) is 5.82 Å². The Labute approximate surface area is 199 Å². The minimum absolute atomic E-state index is 0.234. The number of nitrogens with one attached hydrogen (secondary N) is 2. The second-order valence-electron chi connectivity index (χ2n) is 8.43. The number of carbonyl (C=O) groups is 1. The number of aromatic nitrogens is 1. The Bertz CT molecular complexity index is 1170. The average molecular weight is 458 g/mol. The van der Waals surface area contributed by atoms with Crippen molar-refractivity contribution in [3.8, 4) is 17.3 Å². The molecule has 2 aromatic carbocycles. The Hall–Kier alpha value is -3.76. The van der Waals surface area contributed by atoms with E-state index in [1.165, 1.54) is 12.1 Å². The monoisotopic (exact) mass is 457 g/mol. The fraction of sp³-hybridized carbons (Fsp3) is 0.296. The van der Waals surface area contributed by atoms with Crippen LogP contribution < -0.4 is 15.5 Å².